The first-order chi connectivity index (χ1) is 4.86. The van der Waals surface area contributed by atoms with Gasteiger partial charge in [-0.2, -0.15) is 0 Å². The maximum atomic E-state index is 10.1. The van der Waals surface area contributed by atoms with Crippen LogP contribution in [0.3, 0.4) is 0 Å². The molecule has 1 aliphatic rings. The molecule has 0 aliphatic carbocycles. The Kier molecular flexibility index (Phi) is 1.92. The second-order valence-corrected chi connectivity index (χ2v) is 1.74. The largest absolute Gasteiger partial charge is 0.497 e. The van der Waals surface area contributed by atoms with Crippen molar-refractivity contribution < 1.29 is 9.53 Å². The van der Waals surface area contributed by atoms with Crippen LogP contribution in [0, 0.1) is 0 Å². The van der Waals surface area contributed by atoms with Gasteiger partial charge in [-0.15, -0.1) is 0 Å². The van der Waals surface area contributed by atoms with E-state index in [0.717, 1.165) is 0 Å². The lowest BCUT2D eigenvalue weighted by atomic mass is 10.3. The quantitative estimate of drug-likeness (QED) is 0.530. The number of methoxy groups -OCH3 is 1. The first kappa shape index (κ1) is 6.65. The molecule has 0 atom stereocenters. The van der Waals surface area contributed by atoms with Crippen LogP contribution in [-0.2, 0) is 9.53 Å². The van der Waals surface area contributed by atoms with Gasteiger partial charge in [-0.3, -0.25) is 0 Å². The molecule has 1 aliphatic heterocycles. The molecule has 0 aromatic rings. The fraction of sp³-hybridized carbons (Fsp3) is 0.143. The zero-order valence-corrected chi connectivity index (χ0v) is 5.55. The van der Waals surface area contributed by atoms with Gasteiger partial charge in [-0.25, -0.2) is 4.79 Å². The monoisotopic (exact) mass is 137 g/mol. The third-order valence-corrected chi connectivity index (χ3v) is 1.12. The smallest absolute Gasteiger partial charge is 0.150 e. The fourth-order valence-electron chi connectivity index (χ4n) is 0.632. The van der Waals surface area contributed by atoms with Crippen LogP contribution < -0.4 is 5.32 Å². The molecule has 0 aromatic heterocycles. The summed E-state index contributed by atoms with van der Waals surface area (Å²) in [6, 6.07) is 0. The minimum atomic E-state index is 0.388. The van der Waals surface area contributed by atoms with Gasteiger partial charge in [0, 0.05) is 12.3 Å². The van der Waals surface area contributed by atoms with Gasteiger partial charge in [0.15, 0.2) is 5.94 Å². The molecule has 1 N–H and O–H groups in total. The van der Waals surface area contributed by atoms with Crippen molar-refractivity contribution in [3.05, 3.63) is 29.8 Å². The van der Waals surface area contributed by atoms with Crippen molar-refractivity contribution in [3.8, 4) is 0 Å². The lowest BCUT2D eigenvalue weighted by Crippen LogP contribution is -2.08. The van der Waals surface area contributed by atoms with Gasteiger partial charge in [-0.1, -0.05) is 0 Å². The highest BCUT2D eigenvalue weighted by Crippen LogP contribution is 2.04. The van der Waals surface area contributed by atoms with Crippen molar-refractivity contribution in [2.45, 2.75) is 0 Å². The standard InChI is InChI=1S/C7H7NO2/c1-10-7-2-3-8-6(4-7)5-9/h2-4,8H,1H3. The zero-order chi connectivity index (χ0) is 7.40. The van der Waals surface area contributed by atoms with Crippen molar-refractivity contribution >= 4 is 5.94 Å². The molecule has 0 aromatic carbocycles. The molecule has 0 bridgehead atoms. The summed E-state index contributed by atoms with van der Waals surface area (Å²) in [7, 11) is 1.55. The summed E-state index contributed by atoms with van der Waals surface area (Å²) >= 11 is 0. The number of hydrogen-bond acceptors (Lipinski definition) is 3. The maximum absolute atomic E-state index is 10.1. The van der Waals surface area contributed by atoms with E-state index in [0.29, 0.717) is 11.5 Å². The van der Waals surface area contributed by atoms with E-state index in [1.54, 1.807) is 31.4 Å². The van der Waals surface area contributed by atoms with Crippen molar-refractivity contribution in [2.24, 2.45) is 0 Å². The Hall–Kier alpha value is -1.47. The van der Waals surface area contributed by atoms with Crippen molar-refractivity contribution in [1.82, 2.24) is 5.32 Å². The zero-order valence-electron chi connectivity index (χ0n) is 5.55. The number of allylic oxidation sites excluding steroid dienone is 2. The molecule has 0 saturated carbocycles. The molecule has 0 unspecified atom stereocenters. The summed E-state index contributed by atoms with van der Waals surface area (Å²) in [6.45, 7) is 0. The van der Waals surface area contributed by atoms with Crippen molar-refractivity contribution in [1.29, 1.82) is 0 Å². The lowest BCUT2D eigenvalue weighted by molar-refractivity contribution is 0.305. The van der Waals surface area contributed by atoms with Gasteiger partial charge in [0.2, 0.25) is 0 Å². The SMILES string of the molecule is COC1=CC(=C=O)NC=C1. The molecule has 0 amide bonds. The average Bonchev–Trinajstić information content (AvgIpc) is 2.05. The van der Waals surface area contributed by atoms with E-state index in [2.05, 4.69) is 5.32 Å². The molecule has 3 nitrogen and oxygen atoms in total. The van der Waals surface area contributed by atoms with Crippen LogP contribution in [0.2, 0.25) is 0 Å². The second kappa shape index (κ2) is 2.90. The Labute approximate surface area is 58.7 Å². The highest BCUT2D eigenvalue weighted by Gasteiger charge is 1.99. The maximum Gasteiger partial charge on any atom is 0.150 e. The first-order valence-corrected chi connectivity index (χ1v) is 2.80. The normalized spacial score (nSPS) is 15.3. The number of rotatable bonds is 1. The third kappa shape index (κ3) is 1.27. The van der Waals surface area contributed by atoms with E-state index in [-0.39, 0.29) is 0 Å². The van der Waals surface area contributed by atoms with Crippen LogP contribution in [0.1, 0.15) is 0 Å². The number of dihydropyridines is 1. The van der Waals surface area contributed by atoms with Crippen molar-refractivity contribution in [2.75, 3.05) is 7.11 Å². The van der Waals surface area contributed by atoms with Crippen LogP contribution in [-0.4, -0.2) is 13.1 Å². The van der Waals surface area contributed by atoms with E-state index in [4.69, 9.17) is 4.74 Å². The topological polar surface area (TPSA) is 38.3 Å². The minimum absolute atomic E-state index is 0.388. The summed E-state index contributed by atoms with van der Waals surface area (Å²) in [6.07, 6.45) is 4.92. The van der Waals surface area contributed by atoms with Gasteiger partial charge in [0.25, 0.3) is 0 Å². The summed E-state index contributed by atoms with van der Waals surface area (Å²) < 4.78 is 4.86. The lowest BCUT2D eigenvalue weighted by Gasteiger charge is -2.06. The molecule has 0 fully saturated rings. The summed E-state index contributed by atoms with van der Waals surface area (Å²) in [5, 5.41) is 2.69. The first-order valence-electron chi connectivity index (χ1n) is 2.80. The predicted octanol–water partition coefficient (Wildman–Crippen LogP) is 0.349. The molecule has 0 radical (unpaired) electrons. The fourth-order valence-corrected chi connectivity index (χ4v) is 0.632. The van der Waals surface area contributed by atoms with Crippen LogP contribution in [0.4, 0.5) is 0 Å². The Morgan fingerprint density at radius 1 is 1.70 bits per heavy atom. The molecule has 52 valence electrons. The number of ether oxygens (including phenoxy) is 1. The third-order valence-electron chi connectivity index (χ3n) is 1.12. The van der Waals surface area contributed by atoms with Gasteiger partial charge in [-0.05, 0) is 6.08 Å². The van der Waals surface area contributed by atoms with E-state index >= 15 is 0 Å². The van der Waals surface area contributed by atoms with Crippen LogP contribution in [0.25, 0.3) is 0 Å². The molecule has 1 rings (SSSR count). The van der Waals surface area contributed by atoms with Gasteiger partial charge >= 0.3 is 0 Å². The number of hydrogen-bond donors (Lipinski definition) is 1. The Bertz CT molecular complexity index is 234. The Morgan fingerprint density at radius 2 is 2.50 bits per heavy atom. The van der Waals surface area contributed by atoms with E-state index in [1.807, 2.05) is 0 Å². The second-order valence-electron chi connectivity index (χ2n) is 1.74. The predicted molar refractivity (Wildman–Crippen MR) is 36.6 cm³/mol. The molecular weight excluding hydrogens is 130 g/mol. The number of nitrogens with one attached hydrogen (secondary N) is 1. The molecular formula is C7H7NO2. The summed E-state index contributed by atoms with van der Waals surface area (Å²) in [5.74, 6) is 2.37. The van der Waals surface area contributed by atoms with Gasteiger partial charge in [0.1, 0.15) is 11.5 Å². The van der Waals surface area contributed by atoms with E-state index in [1.165, 1.54) is 0 Å². The molecule has 0 spiro atoms. The Balaban J connectivity index is 2.84. The molecule has 0 saturated heterocycles. The van der Waals surface area contributed by atoms with Crippen LogP contribution in [0.5, 0.6) is 0 Å². The van der Waals surface area contributed by atoms with Crippen LogP contribution in [0.15, 0.2) is 29.8 Å². The van der Waals surface area contributed by atoms with Crippen LogP contribution >= 0.6 is 0 Å². The highest BCUT2D eigenvalue weighted by molar-refractivity contribution is 5.58. The van der Waals surface area contributed by atoms with E-state index < -0.39 is 0 Å². The minimum Gasteiger partial charge on any atom is -0.497 e. The van der Waals surface area contributed by atoms with E-state index in [9.17, 15) is 4.79 Å². The van der Waals surface area contributed by atoms with Gasteiger partial charge < -0.3 is 10.1 Å². The summed E-state index contributed by atoms with van der Waals surface area (Å²) in [4.78, 5) is 10.1. The van der Waals surface area contributed by atoms with Gasteiger partial charge in [0.05, 0.1) is 7.11 Å². The number of carbonyl (C=O) groups excluding carboxylic acids is 1. The summed E-state index contributed by atoms with van der Waals surface area (Å²) in [5.41, 5.74) is 0.388. The molecule has 3 heteroatoms. The highest BCUT2D eigenvalue weighted by atomic mass is 16.5. The molecule has 1 heterocycles. The average molecular weight is 137 g/mol. The molecule has 10 heavy (non-hydrogen) atoms. The van der Waals surface area contributed by atoms with Crippen molar-refractivity contribution in [3.63, 3.8) is 0 Å². The Morgan fingerprint density at radius 3 is 3.10 bits per heavy atom.